The SMILES string of the molecule is CC(=O)NNC(=O)COc1cc(C)ccc1C. The maximum atomic E-state index is 11.3. The molecule has 0 atom stereocenters. The Labute approximate surface area is 100 Å². The molecule has 0 spiro atoms. The predicted octanol–water partition coefficient (Wildman–Crippen LogP) is 0.850. The molecule has 1 aromatic rings. The molecule has 1 rings (SSSR count). The third kappa shape index (κ3) is 4.55. The van der Waals surface area contributed by atoms with Crippen LogP contribution in [0.25, 0.3) is 0 Å². The number of amides is 2. The van der Waals surface area contributed by atoms with Crippen molar-refractivity contribution < 1.29 is 14.3 Å². The molecule has 0 fully saturated rings. The van der Waals surface area contributed by atoms with Gasteiger partial charge in [-0.1, -0.05) is 12.1 Å². The summed E-state index contributed by atoms with van der Waals surface area (Å²) in [4.78, 5) is 21.8. The second kappa shape index (κ2) is 5.89. The number of ether oxygens (including phenoxy) is 1. The molecule has 2 amide bonds. The highest BCUT2D eigenvalue weighted by Crippen LogP contribution is 2.18. The number of carbonyl (C=O) groups excluding carboxylic acids is 2. The number of hydrogen-bond donors (Lipinski definition) is 2. The molecule has 5 nitrogen and oxygen atoms in total. The van der Waals surface area contributed by atoms with Gasteiger partial charge in [0.2, 0.25) is 5.91 Å². The minimum atomic E-state index is -0.402. The highest BCUT2D eigenvalue weighted by atomic mass is 16.5. The summed E-state index contributed by atoms with van der Waals surface area (Å²) in [6, 6.07) is 5.76. The molecule has 92 valence electrons. The molecule has 0 radical (unpaired) electrons. The lowest BCUT2D eigenvalue weighted by atomic mass is 10.1. The molecule has 0 bridgehead atoms. The van der Waals surface area contributed by atoms with Crippen molar-refractivity contribution >= 4 is 11.8 Å². The van der Waals surface area contributed by atoms with Gasteiger partial charge in [-0.3, -0.25) is 20.4 Å². The van der Waals surface area contributed by atoms with Crippen molar-refractivity contribution in [1.82, 2.24) is 10.9 Å². The van der Waals surface area contributed by atoms with Crippen LogP contribution in [0.4, 0.5) is 0 Å². The van der Waals surface area contributed by atoms with Gasteiger partial charge in [-0.05, 0) is 31.0 Å². The zero-order valence-corrected chi connectivity index (χ0v) is 10.2. The topological polar surface area (TPSA) is 67.4 Å². The number of aryl methyl sites for hydroxylation is 2. The highest BCUT2D eigenvalue weighted by Gasteiger charge is 2.05. The largest absolute Gasteiger partial charge is 0.483 e. The zero-order valence-electron chi connectivity index (χ0n) is 10.2. The molecule has 0 saturated carbocycles. The van der Waals surface area contributed by atoms with Crippen LogP contribution < -0.4 is 15.6 Å². The molecule has 0 aliphatic carbocycles. The van der Waals surface area contributed by atoms with Gasteiger partial charge in [-0.25, -0.2) is 0 Å². The standard InChI is InChI=1S/C12H16N2O3/c1-8-4-5-9(2)11(6-8)17-7-12(16)14-13-10(3)15/h4-6H,7H2,1-3H3,(H,13,15)(H,14,16). The van der Waals surface area contributed by atoms with Gasteiger partial charge in [0, 0.05) is 6.92 Å². The Bertz CT molecular complexity index is 430. The van der Waals surface area contributed by atoms with Crippen LogP contribution in [0, 0.1) is 13.8 Å². The fraction of sp³-hybridized carbons (Fsp3) is 0.333. The zero-order chi connectivity index (χ0) is 12.8. The summed E-state index contributed by atoms with van der Waals surface area (Å²) in [6.45, 7) is 5.03. The van der Waals surface area contributed by atoms with E-state index in [1.54, 1.807) is 0 Å². The van der Waals surface area contributed by atoms with Crippen molar-refractivity contribution in [2.45, 2.75) is 20.8 Å². The first-order chi connectivity index (χ1) is 7.99. The molecule has 0 aromatic heterocycles. The second-order valence-corrected chi connectivity index (χ2v) is 3.79. The van der Waals surface area contributed by atoms with Crippen LogP contribution in [0.5, 0.6) is 5.75 Å². The summed E-state index contributed by atoms with van der Waals surface area (Å²) in [7, 11) is 0. The molecule has 1 aromatic carbocycles. The van der Waals surface area contributed by atoms with Crippen LogP contribution in [0.15, 0.2) is 18.2 Å². The van der Waals surface area contributed by atoms with Crippen molar-refractivity contribution in [3.8, 4) is 5.75 Å². The maximum Gasteiger partial charge on any atom is 0.276 e. The molecule has 5 heteroatoms. The van der Waals surface area contributed by atoms with E-state index in [2.05, 4.69) is 10.9 Å². The smallest absolute Gasteiger partial charge is 0.276 e. The predicted molar refractivity (Wildman–Crippen MR) is 63.4 cm³/mol. The molecule has 0 heterocycles. The van der Waals surface area contributed by atoms with Crippen LogP contribution in [-0.4, -0.2) is 18.4 Å². The van der Waals surface area contributed by atoms with Gasteiger partial charge in [0.25, 0.3) is 5.91 Å². The third-order valence-corrected chi connectivity index (χ3v) is 2.08. The number of rotatable bonds is 3. The number of nitrogens with one attached hydrogen (secondary N) is 2. The number of benzene rings is 1. The van der Waals surface area contributed by atoms with E-state index >= 15 is 0 Å². The molecule has 0 unspecified atom stereocenters. The van der Waals surface area contributed by atoms with Gasteiger partial charge < -0.3 is 4.74 Å². The molecular weight excluding hydrogens is 220 g/mol. The summed E-state index contributed by atoms with van der Waals surface area (Å²) in [5, 5.41) is 0. The summed E-state index contributed by atoms with van der Waals surface area (Å²) in [5.74, 6) is -0.0610. The summed E-state index contributed by atoms with van der Waals surface area (Å²) in [6.07, 6.45) is 0. The normalized spacial score (nSPS) is 9.59. The van der Waals surface area contributed by atoms with Gasteiger partial charge in [-0.15, -0.1) is 0 Å². The third-order valence-electron chi connectivity index (χ3n) is 2.08. The van der Waals surface area contributed by atoms with Gasteiger partial charge in [0.15, 0.2) is 6.61 Å². The van der Waals surface area contributed by atoms with E-state index in [0.29, 0.717) is 5.75 Å². The number of hydrogen-bond acceptors (Lipinski definition) is 3. The summed E-state index contributed by atoms with van der Waals surface area (Å²) < 4.78 is 5.35. The molecule has 0 aliphatic heterocycles. The number of hydrazine groups is 1. The lowest BCUT2D eigenvalue weighted by Crippen LogP contribution is -2.42. The monoisotopic (exact) mass is 236 g/mol. The van der Waals surface area contributed by atoms with Crippen molar-refractivity contribution in [2.24, 2.45) is 0 Å². The van der Waals surface area contributed by atoms with Gasteiger partial charge in [0.05, 0.1) is 0 Å². The first-order valence-electron chi connectivity index (χ1n) is 5.24. The fourth-order valence-corrected chi connectivity index (χ4v) is 1.20. The second-order valence-electron chi connectivity index (χ2n) is 3.79. The fourth-order valence-electron chi connectivity index (χ4n) is 1.20. The van der Waals surface area contributed by atoms with E-state index in [4.69, 9.17) is 4.74 Å². The van der Waals surface area contributed by atoms with Crippen LogP contribution in [0.3, 0.4) is 0 Å². The lowest BCUT2D eigenvalue weighted by molar-refractivity contribution is -0.129. The average molecular weight is 236 g/mol. The Balaban J connectivity index is 2.47. The van der Waals surface area contributed by atoms with Crippen molar-refractivity contribution in [2.75, 3.05) is 6.61 Å². The Kier molecular flexibility index (Phi) is 4.51. The van der Waals surface area contributed by atoms with Gasteiger partial charge in [0.1, 0.15) is 5.75 Å². The highest BCUT2D eigenvalue weighted by molar-refractivity contribution is 5.81. The molecule has 0 aliphatic rings. The summed E-state index contributed by atoms with van der Waals surface area (Å²) in [5.41, 5.74) is 6.44. The minimum absolute atomic E-state index is 0.134. The lowest BCUT2D eigenvalue weighted by Gasteiger charge is -2.10. The quantitative estimate of drug-likeness (QED) is 0.764. The van der Waals surface area contributed by atoms with Gasteiger partial charge >= 0.3 is 0 Å². The van der Waals surface area contributed by atoms with E-state index in [1.807, 2.05) is 32.0 Å². The van der Waals surface area contributed by atoms with Gasteiger partial charge in [-0.2, -0.15) is 0 Å². The van der Waals surface area contributed by atoms with Crippen LogP contribution in [0.2, 0.25) is 0 Å². The minimum Gasteiger partial charge on any atom is -0.483 e. The summed E-state index contributed by atoms with van der Waals surface area (Å²) >= 11 is 0. The van der Waals surface area contributed by atoms with E-state index in [9.17, 15) is 9.59 Å². The molecule has 0 saturated heterocycles. The molecule has 2 N–H and O–H groups in total. The average Bonchev–Trinajstić information content (AvgIpc) is 2.27. The molecular formula is C12H16N2O3. The van der Waals surface area contributed by atoms with Crippen LogP contribution in [0.1, 0.15) is 18.1 Å². The maximum absolute atomic E-state index is 11.3. The van der Waals surface area contributed by atoms with Crippen molar-refractivity contribution in [1.29, 1.82) is 0 Å². The Morgan fingerprint density at radius 1 is 1.24 bits per heavy atom. The Hall–Kier alpha value is -2.04. The van der Waals surface area contributed by atoms with Crippen LogP contribution >= 0.6 is 0 Å². The molecule has 17 heavy (non-hydrogen) atoms. The Morgan fingerprint density at radius 2 is 1.94 bits per heavy atom. The Morgan fingerprint density at radius 3 is 2.59 bits per heavy atom. The first-order valence-corrected chi connectivity index (χ1v) is 5.24. The van der Waals surface area contributed by atoms with Crippen molar-refractivity contribution in [3.05, 3.63) is 29.3 Å². The van der Waals surface area contributed by atoms with E-state index in [1.165, 1.54) is 6.92 Å². The van der Waals surface area contributed by atoms with E-state index in [0.717, 1.165) is 11.1 Å². The number of carbonyl (C=O) groups is 2. The first kappa shape index (κ1) is 13.0. The van der Waals surface area contributed by atoms with E-state index < -0.39 is 5.91 Å². The van der Waals surface area contributed by atoms with Crippen LogP contribution in [-0.2, 0) is 9.59 Å². The van der Waals surface area contributed by atoms with E-state index in [-0.39, 0.29) is 12.5 Å². The van der Waals surface area contributed by atoms with Crippen molar-refractivity contribution in [3.63, 3.8) is 0 Å².